The van der Waals surface area contributed by atoms with E-state index in [4.69, 9.17) is 4.74 Å². The van der Waals surface area contributed by atoms with Gasteiger partial charge in [0, 0.05) is 24.0 Å². The maximum atomic E-state index is 5.14. The van der Waals surface area contributed by atoms with Gasteiger partial charge in [0.25, 0.3) is 0 Å². The Kier molecular flexibility index (Phi) is 3.99. The van der Waals surface area contributed by atoms with E-state index in [0.717, 1.165) is 12.2 Å². The Morgan fingerprint density at radius 2 is 2.17 bits per heavy atom. The maximum Gasteiger partial charge on any atom is 0.213 e. The highest BCUT2D eigenvalue weighted by Crippen LogP contribution is 2.15. The second-order valence-corrected chi connectivity index (χ2v) is 4.24. The molecule has 2 aromatic rings. The monoisotopic (exact) mass is 245 g/mol. The summed E-state index contributed by atoms with van der Waals surface area (Å²) in [6, 6.07) is 10.3. The van der Waals surface area contributed by atoms with Gasteiger partial charge < -0.3 is 14.6 Å². The van der Waals surface area contributed by atoms with Crippen LogP contribution in [0.1, 0.15) is 24.4 Å². The molecule has 0 spiro atoms. The van der Waals surface area contributed by atoms with E-state index in [1.807, 2.05) is 25.2 Å². The van der Waals surface area contributed by atoms with E-state index >= 15 is 0 Å². The van der Waals surface area contributed by atoms with Crippen molar-refractivity contribution in [1.29, 1.82) is 0 Å². The molecular formula is C14H19N3O. The first-order chi connectivity index (χ1) is 8.74. The Bertz CT molecular complexity index is 507. The van der Waals surface area contributed by atoms with Gasteiger partial charge in [-0.3, -0.25) is 0 Å². The fourth-order valence-electron chi connectivity index (χ4n) is 1.95. The highest BCUT2D eigenvalue weighted by molar-refractivity contribution is 5.18. The minimum Gasteiger partial charge on any atom is -0.481 e. The summed E-state index contributed by atoms with van der Waals surface area (Å²) in [4.78, 5) is 4.43. The second-order valence-electron chi connectivity index (χ2n) is 4.24. The highest BCUT2D eigenvalue weighted by atomic mass is 16.5. The molecule has 1 atom stereocenters. The molecule has 0 saturated heterocycles. The van der Waals surface area contributed by atoms with Crippen LogP contribution >= 0.6 is 0 Å². The number of ether oxygens (including phenoxy) is 1. The molecule has 0 bridgehead atoms. The third-order valence-corrected chi connectivity index (χ3v) is 3.06. The van der Waals surface area contributed by atoms with Gasteiger partial charge >= 0.3 is 0 Å². The zero-order valence-corrected chi connectivity index (χ0v) is 11.1. The van der Waals surface area contributed by atoms with Crippen molar-refractivity contribution in [2.75, 3.05) is 14.2 Å². The summed E-state index contributed by atoms with van der Waals surface area (Å²) in [7, 11) is 3.60. The van der Waals surface area contributed by atoms with Gasteiger partial charge in [0.05, 0.1) is 19.3 Å². The number of aromatic nitrogens is 2. The lowest BCUT2D eigenvalue weighted by Crippen LogP contribution is -2.17. The topological polar surface area (TPSA) is 39.1 Å². The van der Waals surface area contributed by atoms with E-state index in [2.05, 4.69) is 40.1 Å². The summed E-state index contributed by atoms with van der Waals surface area (Å²) in [5, 5.41) is 3.25. The van der Waals surface area contributed by atoms with E-state index in [9.17, 15) is 0 Å². The molecular weight excluding hydrogens is 226 g/mol. The van der Waals surface area contributed by atoms with Crippen LogP contribution < -0.4 is 10.1 Å². The molecule has 4 heteroatoms. The average Bonchev–Trinajstić information content (AvgIpc) is 2.86. The number of nitrogens with zero attached hydrogens (tertiary/aromatic N) is 2. The van der Waals surface area contributed by atoms with Gasteiger partial charge in [0.2, 0.25) is 5.88 Å². The van der Waals surface area contributed by atoms with Gasteiger partial charge in [0.15, 0.2) is 0 Å². The molecule has 0 fully saturated rings. The van der Waals surface area contributed by atoms with Crippen LogP contribution in [0.4, 0.5) is 0 Å². The Morgan fingerprint density at radius 1 is 1.33 bits per heavy atom. The van der Waals surface area contributed by atoms with Crippen LogP contribution in [-0.2, 0) is 6.54 Å². The molecule has 2 heterocycles. The fourth-order valence-corrected chi connectivity index (χ4v) is 1.95. The van der Waals surface area contributed by atoms with Crippen LogP contribution in [0.2, 0.25) is 0 Å². The molecule has 2 rings (SSSR count). The van der Waals surface area contributed by atoms with Crippen molar-refractivity contribution in [3.8, 4) is 5.88 Å². The number of methoxy groups -OCH3 is 1. The van der Waals surface area contributed by atoms with Crippen LogP contribution in [0.5, 0.6) is 5.88 Å². The lowest BCUT2D eigenvalue weighted by atomic mass is 10.2. The third-order valence-electron chi connectivity index (χ3n) is 3.06. The van der Waals surface area contributed by atoms with Crippen molar-refractivity contribution < 1.29 is 4.74 Å². The van der Waals surface area contributed by atoms with Gasteiger partial charge in [-0.1, -0.05) is 6.07 Å². The zero-order chi connectivity index (χ0) is 13.0. The van der Waals surface area contributed by atoms with E-state index in [1.54, 1.807) is 7.11 Å². The zero-order valence-electron chi connectivity index (χ0n) is 11.1. The summed E-state index contributed by atoms with van der Waals surface area (Å²) in [6.07, 6.45) is 2.07. The third kappa shape index (κ3) is 2.71. The first-order valence-corrected chi connectivity index (χ1v) is 6.07. The quantitative estimate of drug-likeness (QED) is 0.878. The lowest BCUT2D eigenvalue weighted by Gasteiger charge is -2.14. The highest BCUT2D eigenvalue weighted by Gasteiger charge is 2.08. The van der Waals surface area contributed by atoms with Crippen LogP contribution in [-0.4, -0.2) is 23.7 Å². The molecule has 0 saturated carbocycles. The van der Waals surface area contributed by atoms with Crippen molar-refractivity contribution in [3.05, 3.63) is 47.9 Å². The number of hydrogen-bond donors (Lipinski definition) is 1. The molecule has 0 aliphatic rings. The molecule has 18 heavy (non-hydrogen) atoms. The van der Waals surface area contributed by atoms with Crippen LogP contribution in [0, 0.1) is 0 Å². The average molecular weight is 245 g/mol. The summed E-state index contributed by atoms with van der Waals surface area (Å²) >= 11 is 0. The predicted molar refractivity (Wildman–Crippen MR) is 71.8 cm³/mol. The summed E-state index contributed by atoms with van der Waals surface area (Å²) in [6.45, 7) is 2.90. The van der Waals surface area contributed by atoms with E-state index < -0.39 is 0 Å². The SMILES string of the molecule is CNC(C)c1cccn1Cc1cccc(OC)n1. The molecule has 2 aromatic heterocycles. The molecule has 1 N–H and O–H groups in total. The van der Waals surface area contributed by atoms with Crippen molar-refractivity contribution >= 4 is 0 Å². The predicted octanol–water partition coefficient (Wildman–Crippen LogP) is 2.22. The summed E-state index contributed by atoms with van der Waals surface area (Å²) < 4.78 is 7.34. The fraction of sp³-hybridized carbons (Fsp3) is 0.357. The Labute approximate surface area is 108 Å². The van der Waals surface area contributed by atoms with Crippen LogP contribution in [0.15, 0.2) is 36.5 Å². The Morgan fingerprint density at radius 3 is 2.89 bits per heavy atom. The maximum absolute atomic E-state index is 5.14. The molecule has 4 nitrogen and oxygen atoms in total. The Balaban J connectivity index is 2.20. The summed E-state index contributed by atoms with van der Waals surface area (Å²) in [5.74, 6) is 0.655. The van der Waals surface area contributed by atoms with Crippen molar-refractivity contribution in [3.63, 3.8) is 0 Å². The van der Waals surface area contributed by atoms with Gasteiger partial charge in [0.1, 0.15) is 0 Å². The second kappa shape index (κ2) is 5.69. The minimum absolute atomic E-state index is 0.325. The van der Waals surface area contributed by atoms with Crippen molar-refractivity contribution in [2.24, 2.45) is 0 Å². The number of rotatable bonds is 5. The van der Waals surface area contributed by atoms with Gasteiger partial charge in [-0.2, -0.15) is 0 Å². The lowest BCUT2D eigenvalue weighted by molar-refractivity contribution is 0.395. The van der Waals surface area contributed by atoms with E-state index in [-0.39, 0.29) is 0 Å². The molecule has 0 aromatic carbocycles. The first kappa shape index (κ1) is 12.6. The van der Waals surface area contributed by atoms with E-state index in [0.29, 0.717) is 11.9 Å². The number of nitrogens with one attached hydrogen (secondary N) is 1. The normalized spacial score (nSPS) is 12.4. The molecule has 0 amide bonds. The molecule has 0 aliphatic heterocycles. The van der Waals surface area contributed by atoms with Crippen molar-refractivity contribution in [2.45, 2.75) is 19.5 Å². The molecule has 0 radical (unpaired) electrons. The van der Waals surface area contributed by atoms with Gasteiger partial charge in [-0.05, 0) is 32.2 Å². The Hall–Kier alpha value is -1.81. The van der Waals surface area contributed by atoms with E-state index in [1.165, 1.54) is 5.69 Å². The van der Waals surface area contributed by atoms with Crippen molar-refractivity contribution in [1.82, 2.24) is 14.9 Å². The molecule has 0 aliphatic carbocycles. The van der Waals surface area contributed by atoms with Crippen LogP contribution in [0.25, 0.3) is 0 Å². The largest absolute Gasteiger partial charge is 0.481 e. The summed E-state index contributed by atoms with van der Waals surface area (Å²) in [5.41, 5.74) is 2.25. The van der Waals surface area contributed by atoms with Gasteiger partial charge in [-0.25, -0.2) is 4.98 Å². The molecule has 1 unspecified atom stereocenters. The smallest absolute Gasteiger partial charge is 0.213 e. The first-order valence-electron chi connectivity index (χ1n) is 6.07. The number of hydrogen-bond acceptors (Lipinski definition) is 3. The number of pyridine rings is 1. The molecule has 96 valence electrons. The standard InChI is InChI=1S/C14H19N3O/c1-11(15-2)13-7-5-9-17(13)10-12-6-4-8-14(16-12)18-3/h4-9,11,15H,10H2,1-3H3. The van der Waals surface area contributed by atoms with Crippen LogP contribution in [0.3, 0.4) is 0 Å². The minimum atomic E-state index is 0.325. The van der Waals surface area contributed by atoms with Gasteiger partial charge in [-0.15, -0.1) is 0 Å².